The molecule has 25 heavy (non-hydrogen) atoms. The Morgan fingerprint density at radius 1 is 0.760 bits per heavy atom. The molecule has 0 bridgehead atoms. The van der Waals surface area contributed by atoms with Crippen LogP contribution in [0.5, 0.6) is 0 Å². The Labute approximate surface area is 158 Å². The Hall–Kier alpha value is -0.510. The van der Waals surface area contributed by atoms with E-state index in [0.717, 1.165) is 24.2 Å². The topological polar surface area (TPSA) is 23.8 Å². The van der Waals surface area contributed by atoms with Gasteiger partial charge in [0.1, 0.15) is 0 Å². The molecule has 0 saturated heterocycles. The van der Waals surface area contributed by atoms with E-state index >= 15 is 0 Å². The summed E-state index contributed by atoms with van der Waals surface area (Å²) in [4.78, 5) is 0. The summed E-state index contributed by atoms with van der Waals surface area (Å²) in [7, 11) is 0. The minimum atomic E-state index is 0.0419. The molecule has 2 fully saturated rings. The highest BCUT2D eigenvalue weighted by molar-refractivity contribution is 5.02. The van der Waals surface area contributed by atoms with Crippen molar-refractivity contribution in [1.82, 2.24) is 0 Å². The van der Waals surface area contributed by atoms with Crippen molar-refractivity contribution in [2.75, 3.05) is 0 Å². The molecular weight excluding hydrogens is 302 g/mol. The highest BCUT2D eigenvalue weighted by atomic mass is 14.4. The highest BCUT2D eigenvalue weighted by Crippen LogP contribution is 2.47. The Kier molecular flexibility index (Phi) is 9.36. The summed E-state index contributed by atoms with van der Waals surface area (Å²) in [6, 6.07) is 2.69. The van der Waals surface area contributed by atoms with Crippen molar-refractivity contribution >= 4 is 0 Å². The van der Waals surface area contributed by atoms with Crippen molar-refractivity contribution in [2.45, 2.75) is 123 Å². The average molecular weight is 346 g/mol. The molecule has 0 amide bonds. The summed E-state index contributed by atoms with van der Waals surface area (Å²) in [6.45, 7) is 4.53. The molecule has 2 rings (SSSR count). The van der Waals surface area contributed by atoms with Crippen LogP contribution in [0.3, 0.4) is 0 Å². The van der Waals surface area contributed by atoms with Crippen molar-refractivity contribution in [3.05, 3.63) is 0 Å². The molecule has 2 aliphatic carbocycles. The van der Waals surface area contributed by atoms with E-state index in [9.17, 15) is 5.26 Å². The summed E-state index contributed by atoms with van der Waals surface area (Å²) in [5.74, 6) is 2.96. The zero-order valence-electron chi connectivity index (χ0n) is 17.2. The van der Waals surface area contributed by atoms with Gasteiger partial charge in [0.25, 0.3) is 0 Å². The standard InChI is InChI=1S/C24H43N/c1-3-5-6-7-8-9-10-21-11-13-22(14-12-21)23-15-18-24(20-25,17-4-2)19-16-23/h21-23H,3-19H2,1-2H3. The average Bonchev–Trinajstić information content (AvgIpc) is 2.66. The fourth-order valence-corrected chi connectivity index (χ4v) is 5.72. The lowest BCUT2D eigenvalue weighted by Crippen LogP contribution is -2.31. The smallest absolute Gasteiger partial charge is 0.0689 e. The third-order valence-corrected chi connectivity index (χ3v) is 7.48. The minimum Gasteiger partial charge on any atom is -0.198 e. The van der Waals surface area contributed by atoms with Crippen LogP contribution in [0.4, 0.5) is 0 Å². The largest absolute Gasteiger partial charge is 0.198 e. The van der Waals surface area contributed by atoms with Gasteiger partial charge in [-0.05, 0) is 62.7 Å². The zero-order chi connectivity index (χ0) is 18.0. The molecule has 0 aromatic rings. The molecule has 0 radical (unpaired) electrons. The summed E-state index contributed by atoms with van der Waals surface area (Å²) < 4.78 is 0. The first-order chi connectivity index (χ1) is 12.2. The molecule has 0 aromatic carbocycles. The first-order valence-electron chi connectivity index (χ1n) is 11.6. The van der Waals surface area contributed by atoms with E-state index in [4.69, 9.17) is 0 Å². The van der Waals surface area contributed by atoms with Gasteiger partial charge < -0.3 is 0 Å². The zero-order valence-corrected chi connectivity index (χ0v) is 17.2. The number of hydrogen-bond acceptors (Lipinski definition) is 1. The second-order valence-corrected chi connectivity index (χ2v) is 9.32. The van der Waals surface area contributed by atoms with Crippen LogP contribution in [-0.2, 0) is 0 Å². The number of nitrogens with zero attached hydrogens (tertiary/aromatic N) is 1. The van der Waals surface area contributed by atoms with Crippen LogP contribution in [0.25, 0.3) is 0 Å². The van der Waals surface area contributed by atoms with E-state index in [2.05, 4.69) is 19.9 Å². The van der Waals surface area contributed by atoms with E-state index in [0.29, 0.717) is 0 Å². The molecule has 0 aliphatic heterocycles. The van der Waals surface area contributed by atoms with Gasteiger partial charge in [-0.3, -0.25) is 0 Å². The van der Waals surface area contributed by atoms with E-state index in [-0.39, 0.29) is 5.41 Å². The Balaban J connectivity index is 1.60. The van der Waals surface area contributed by atoms with Crippen molar-refractivity contribution in [3.8, 4) is 6.07 Å². The molecule has 2 saturated carbocycles. The van der Waals surface area contributed by atoms with Gasteiger partial charge in [0.15, 0.2) is 0 Å². The van der Waals surface area contributed by atoms with Gasteiger partial charge in [-0.2, -0.15) is 5.26 Å². The van der Waals surface area contributed by atoms with E-state index < -0.39 is 0 Å². The van der Waals surface area contributed by atoms with Crippen LogP contribution in [0.15, 0.2) is 0 Å². The van der Waals surface area contributed by atoms with E-state index in [1.807, 2.05) is 0 Å². The minimum absolute atomic E-state index is 0.0419. The summed E-state index contributed by atoms with van der Waals surface area (Å²) in [5.41, 5.74) is 0.0419. The van der Waals surface area contributed by atoms with Crippen molar-refractivity contribution in [2.24, 2.45) is 23.2 Å². The first-order valence-corrected chi connectivity index (χ1v) is 11.6. The first kappa shape index (κ1) is 20.8. The maximum Gasteiger partial charge on any atom is 0.0689 e. The molecular formula is C24H43N. The van der Waals surface area contributed by atoms with E-state index in [1.165, 1.54) is 103 Å². The molecule has 1 heteroatoms. The van der Waals surface area contributed by atoms with Crippen LogP contribution in [-0.4, -0.2) is 0 Å². The fourth-order valence-electron chi connectivity index (χ4n) is 5.72. The van der Waals surface area contributed by atoms with Gasteiger partial charge in [-0.1, -0.05) is 78.1 Å². The molecule has 144 valence electrons. The quantitative estimate of drug-likeness (QED) is 0.367. The third-order valence-electron chi connectivity index (χ3n) is 7.48. The Morgan fingerprint density at radius 3 is 1.96 bits per heavy atom. The number of rotatable bonds is 10. The summed E-state index contributed by atoms with van der Waals surface area (Å²) >= 11 is 0. The maximum absolute atomic E-state index is 9.60. The van der Waals surface area contributed by atoms with Gasteiger partial charge in [-0.15, -0.1) is 0 Å². The van der Waals surface area contributed by atoms with Gasteiger partial charge in [0.2, 0.25) is 0 Å². The molecule has 0 N–H and O–H groups in total. The van der Waals surface area contributed by atoms with Crippen LogP contribution in [0.2, 0.25) is 0 Å². The van der Waals surface area contributed by atoms with Crippen molar-refractivity contribution in [3.63, 3.8) is 0 Å². The SMILES string of the molecule is CCCCCCCCC1CCC(C2CCC(C#N)(CCC)CC2)CC1. The molecule has 0 unspecified atom stereocenters. The van der Waals surface area contributed by atoms with Crippen LogP contribution < -0.4 is 0 Å². The number of unbranched alkanes of at least 4 members (excludes halogenated alkanes) is 5. The van der Waals surface area contributed by atoms with Crippen LogP contribution in [0.1, 0.15) is 123 Å². The molecule has 2 aliphatic rings. The summed E-state index contributed by atoms with van der Waals surface area (Å²) in [6.07, 6.45) is 23.4. The molecule has 0 heterocycles. The predicted octanol–water partition coefficient (Wildman–Crippen LogP) is 8.04. The normalized spacial score (nSPS) is 33.1. The fraction of sp³-hybridized carbons (Fsp3) is 0.958. The number of hydrogen-bond donors (Lipinski definition) is 0. The molecule has 0 spiro atoms. The Morgan fingerprint density at radius 2 is 1.36 bits per heavy atom. The maximum atomic E-state index is 9.60. The monoisotopic (exact) mass is 345 g/mol. The second-order valence-electron chi connectivity index (χ2n) is 9.32. The predicted molar refractivity (Wildman–Crippen MR) is 108 cm³/mol. The lowest BCUT2D eigenvalue weighted by atomic mass is 9.63. The molecule has 0 aromatic heterocycles. The number of nitriles is 1. The van der Waals surface area contributed by atoms with Gasteiger partial charge in [0.05, 0.1) is 11.5 Å². The van der Waals surface area contributed by atoms with Crippen molar-refractivity contribution < 1.29 is 0 Å². The molecule has 0 atom stereocenters. The lowest BCUT2D eigenvalue weighted by Gasteiger charge is -2.40. The van der Waals surface area contributed by atoms with Gasteiger partial charge >= 0.3 is 0 Å². The summed E-state index contributed by atoms with van der Waals surface area (Å²) in [5, 5.41) is 9.60. The van der Waals surface area contributed by atoms with Gasteiger partial charge in [0, 0.05) is 0 Å². The third kappa shape index (κ3) is 6.62. The Bertz CT molecular complexity index is 377. The lowest BCUT2D eigenvalue weighted by molar-refractivity contribution is 0.115. The van der Waals surface area contributed by atoms with Crippen LogP contribution in [0, 0.1) is 34.5 Å². The van der Waals surface area contributed by atoms with Gasteiger partial charge in [-0.25, -0.2) is 0 Å². The van der Waals surface area contributed by atoms with Crippen molar-refractivity contribution in [1.29, 1.82) is 5.26 Å². The second kappa shape index (κ2) is 11.3. The highest BCUT2D eigenvalue weighted by Gasteiger charge is 2.37. The van der Waals surface area contributed by atoms with E-state index in [1.54, 1.807) is 0 Å². The molecule has 1 nitrogen and oxygen atoms in total. The van der Waals surface area contributed by atoms with Crippen LogP contribution >= 0.6 is 0 Å².